The second kappa shape index (κ2) is 5.70. The summed E-state index contributed by atoms with van der Waals surface area (Å²) in [5.74, 6) is -1.17. The van der Waals surface area contributed by atoms with E-state index in [0.717, 1.165) is 11.1 Å². The van der Waals surface area contributed by atoms with Gasteiger partial charge in [-0.25, -0.2) is 0 Å². The summed E-state index contributed by atoms with van der Waals surface area (Å²) in [6.07, 6.45) is 0. The average molecular weight is 268 g/mol. The van der Waals surface area contributed by atoms with Gasteiger partial charge in [0.25, 0.3) is 0 Å². The summed E-state index contributed by atoms with van der Waals surface area (Å²) in [5, 5.41) is 0. The van der Waals surface area contributed by atoms with E-state index >= 15 is 0 Å². The normalized spacial score (nSPS) is 10.9. The first-order valence-electron chi connectivity index (χ1n) is 6.39. The van der Waals surface area contributed by atoms with E-state index in [9.17, 15) is 9.59 Å². The Hall–Kier alpha value is -2.42. The fourth-order valence-corrected chi connectivity index (χ4v) is 2.18. The third kappa shape index (κ3) is 2.62. The molecule has 0 amide bonds. The number of esters is 2. The van der Waals surface area contributed by atoms with Crippen molar-refractivity contribution in [3.05, 3.63) is 71.8 Å². The van der Waals surface area contributed by atoms with Crippen LogP contribution in [0, 0.1) is 0 Å². The van der Waals surface area contributed by atoms with Gasteiger partial charge >= 0.3 is 11.9 Å². The molecule has 0 saturated carbocycles. The Labute approximate surface area is 118 Å². The molecule has 0 saturated heterocycles. The van der Waals surface area contributed by atoms with Crippen LogP contribution in [-0.4, -0.2) is 11.9 Å². The zero-order valence-electron chi connectivity index (χ0n) is 11.5. The van der Waals surface area contributed by atoms with Gasteiger partial charge in [-0.3, -0.25) is 9.59 Å². The Morgan fingerprint density at radius 1 is 0.850 bits per heavy atom. The van der Waals surface area contributed by atoms with Crippen molar-refractivity contribution in [1.29, 1.82) is 0 Å². The monoisotopic (exact) mass is 268 g/mol. The lowest BCUT2D eigenvalue weighted by atomic mass is 9.76. The summed E-state index contributed by atoms with van der Waals surface area (Å²) in [6, 6.07) is 18.6. The van der Waals surface area contributed by atoms with Gasteiger partial charge < -0.3 is 4.74 Å². The molecule has 2 aromatic carbocycles. The second-order valence-electron chi connectivity index (χ2n) is 4.74. The molecule has 0 aliphatic carbocycles. The maximum Gasteiger partial charge on any atom is 0.328 e. The third-order valence-corrected chi connectivity index (χ3v) is 3.35. The maximum absolute atomic E-state index is 12.4. The van der Waals surface area contributed by atoms with Gasteiger partial charge in [0.15, 0.2) is 0 Å². The molecule has 0 aliphatic heterocycles. The Morgan fingerprint density at radius 2 is 1.25 bits per heavy atom. The standard InChI is InChI=1S/C17H16O3/c1-13(18)20-16(19)17(2,14-9-5-3-6-10-14)15-11-7-4-8-12-15/h3-12H,1-2H3. The maximum atomic E-state index is 12.4. The minimum absolute atomic E-state index is 0.567. The zero-order valence-corrected chi connectivity index (χ0v) is 11.5. The molecular formula is C17H16O3. The van der Waals surface area contributed by atoms with E-state index in [1.165, 1.54) is 6.92 Å². The highest BCUT2D eigenvalue weighted by Crippen LogP contribution is 2.33. The highest BCUT2D eigenvalue weighted by atomic mass is 16.6. The topological polar surface area (TPSA) is 43.4 Å². The lowest BCUT2D eigenvalue weighted by molar-refractivity contribution is -0.161. The molecule has 0 atom stereocenters. The molecule has 20 heavy (non-hydrogen) atoms. The van der Waals surface area contributed by atoms with Gasteiger partial charge in [0.1, 0.15) is 5.41 Å². The molecule has 0 spiro atoms. The predicted molar refractivity (Wildman–Crippen MR) is 76.1 cm³/mol. The molecule has 2 aromatic rings. The van der Waals surface area contributed by atoms with E-state index in [4.69, 9.17) is 4.74 Å². The minimum atomic E-state index is -1.01. The minimum Gasteiger partial charge on any atom is -0.392 e. The van der Waals surface area contributed by atoms with E-state index in [2.05, 4.69) is 0 Å². The van der Waals surface area contributed by atoms with Crippen molar-refractivity contribution in [1.82, 2.24) is 0 Å². The first kappa shape index (κ1) is 14.0. The summed E-state index contributed by atoms with van der Waals surface area (Å²) in [5.41, 5.74) is 0.573. The van der Waals surface area contributed by atoms with Crippen molar-refractivity contribution in [2.45, 2.75) is 19.3 Å². The van der Waals surface area contributed by atoms with Crippen LogP contribution in [0.25, 0.3) is 0 Å². The van der Waals surface area contributed by atoms with Crippen LogP contribution in [0.3, 0.4) is 0 Å². The Balaban J connectivity index is 2.55. The first-order valence-corrected chi connectivity index (χ1v) is 6.39. The van der Waals surface area contributed by atoms with Gasteiger partial charge in [-0.2, -0.15) is 0 Å². The van der Waals surface area contributed by atoms with Gasteiger partial charge in [0.05, 0.1) is 0 Å². The van der Waals surface area contributed by atoms with Crippen molar-refractivity contribution in [3.8, 4) is 0 Å². The molecule has 0 aliphatic rings. The third-order valence-electron chi connectivity index (χ3n) is 3.35. The lowest BCUT2D eigenvalue weighted by Gasteiger charge is -2.27. The van der Waals surface area contributed by atoms with Crippen LogP contribution >= 0.6 is 0 Å². The highest BCUT2D eigenvalue weighted by molar-refractivity contribution is 5.94. The molecule has 2 rings (SSSR count). The quantitative estimate of drug-likeness (QED) is 0.634. The summed E-state index contributed by atoms with van der Waals surface area (Å²) < 4.78 is 4.85. The van der Waals surface area contributed by atoms with Crippen molar-refractivity contribution < 1.29 is 14.3 Å². The number of carbonyl (C=O) groups excluding carboxylic acids is 2. The fourth-order valence-electron chi connectivity index (χ4n) is 2.18. The fraction of sp³-hybridized carbons (Fsp3) is 0.176. The smallest absolute Gasteiger partial charge is 0.328 e. The largest absolute Gasteiger partial charge is 0.392 e. The molecule has 3 heteroatoms. The van der Waals surface area contributed by atoms with Crippen LogP contribution < -0.4 is 0 Å². The van der Waals surface area contributed by atoms with E-state index in [0.29, 0.717) is 0 Å². The van der Waals surface area contributed by atoms with Crippen molar-refractivity contribution in [2.24, 2.45) is 0 Å². The van der Waals surface area contributed by atoms with Crippen LogP contribution in [0.1, 0.15) is 25.0 Å². The van der Waals surface area contributed by atoms with Crippen molar-refractivity contribution >= 4 is 11.9 Å². The summed E-state index contributed by atoms with van der Waals surface area (Å²) in [7, 11) is 0. The molecule has 0 bridgehead atoms. The molecule has 0 radical (unpaired) electrons. The summed E-state index contributed by atoms with van der Waals surface area (Å²) in [6.45, 7) is 3.00. The number of carbonyl (C=O) groups is 2. The number of hydrogen-bond acceptors (Lipinski definition) is 3. The number of hydrogen-bond donors (Lipinski definition) is 0. The van der Waals surface area contributed by atoms with E-state index in [1.54, 1.807) is 6.92 Å². The Morgan fingerprint density at radius 3 is 1.60 bits per heavy atom. The number of benzene rings is 2. The molecule has 0 N–H and O–H groups in total. The second-order valence-corrected chi connectivity index (χ2v) is 4.74. The van der Waals surface area contributed by atoms with E-state index in [1.807, 2.05) is 60.7 Å². The molecule has 0 aromatic heterocycles. The number of rotatable bonds is 3. The van der Waals surface area contributed by atoms with Gasteiger partial charge in [0, 0.05) is 6.92 Å². The van der Waals surface area contributed by atoms with Gasteiger partial charge in [-0.1, -0.05) is 60.7 Å². The SMILES string of the molecule is CC(=O)OC(=O)C(C)(c1ccccc1)c1ccccc1. The van der Waals surface area contributed by atoms with E-state index < -0.39 is 17.4 Å². The van der Waals surface area contributed by atoms with Gasteiger partial charge in [-0.15, -0.1) is 0 Å². The average Bonchev–Trinajstić information content (AvgIpc) is 2.47. The van der Waals surface area contributed by atoms with Gasteiger partial charge in [-0.05, 0) is 18.1 Å². The molecular weight excluding hydrogens is 252 g/mol. The van der Waals surface area contributed by atoms with E-state index in [-0.39, 0.29) is 0 Å². The highest BCUT2D eigenvalue weighted by Gasteiger charge is 2.39. The molecule has 3 nitrogen and oxygen atoms in total. The Bertz CT molecular complexity index is 563. The van der Waals surface area contributed by atoms with Crippen LogP contribution in [0.15, 0.2) is 60.7 Å². The zero-order chi connectivity index (χ0) is 14.6. The predicted octanol–water partition coefficient (Wildman–Crippen LogP) is 3.08. The number of ether oxygens (including phenoxy) is 1. The van der Waals surface area contributed by atoms with Gasteiger partial charge in [0.2, 0.25) is 0 Å². The van der Waals surface area contributed by atoms with Crippen molar-refractivity contribution in [3.63, 3.8) is 0 Å². The molecule has 0 fully saturated rings. The van der Waals surface area contributed by atoms with Crippen LogP contribution in [0.5, 0.6) is 0 Å². The van der Waals surface area contributed by atoms with Crippen LogP contribution in [0.2, 0.25) is 0 Å². The molecule has 0 heterocycles. The van der Waals surface area contributed by atoms with Crippen LogP contribution in [0.4, 0.5) is 0 Å². The first-order chi connectivity index (χ1) is 9.55. The molecule has 0 unspecified atom stereocenters. The van der Waals surface area contributed by atoms with Crippen molar-refractivity contribution in [2.75, 3.05) is 0 Å². The summed E-state index contributed by atoms with van der Waals surface area (Å²) >= 11 is 0. The van der Waals surface area contributed by atoms with Crippen LogP contribution in [-0.2, 0) is 19.7 Å². The lowest BCUT2D eigenvalue weighted by Crippen LogP contribution is -2.36. The molecule has 102 valence electrons. The summed E-state index contributed by atoms with van der Waals surface area (Å²) in [4.78, 5) is 23.6. The Kier molecular flexibility index (Phi) is 3.99.